The second-order valence-electron chi connectivity index (χ2n) is 5.00. The van der Waals surface area contributed by atoms with Crippen LogP contribution in [-0.2, 0) is 5.75 Å². The van der Waals surface area contributed by atoms with E-state index in [0.717, 1.165) is 4.90 Å². The van der Waals surface area contributed by atoms with Crippen molar-refractivity contribution in [1.82, 2.24) is 10.1 Å². The van der Waals surface area contributed by atoms with Crippen molar-refractivity contribution in [3.63, 3.8) is 0 Å². The molecule has 0 saturated heterocycles. The van der Waals surface area contributed by atoms with Crippen molar-refractivity contribution >= 4 is 23.4 Å². The fourth-order valence-electron chi connectivity index (χ4n) is 2.11. The standard InChI is InChI=1S/C17H13ClF2N2O3S/c1-23-14-8-10(2-7-13(14)24-17(19)20)16-21-15(25-22-16)9-26-12-5-3-11(18)4-6-12/h2-8,17H,9H2,1H3. The zero-order valence-corrected chi connectivity index (χ0v) is 15.1. The lowest BCUT2D eigenvalue weighted by Crippen LogP contribution is -2.03. The molecule has 0 saturated carbocycles. The van der Waals surface area contributed by atoms with Crippen molar-refractivity contribution in [2.45, 2.75) is 17.3 Å². The molecular formula is C17H13ClF2N2O3S. The summed E-state index contributed by atoms with van der Waals surface area (Å²) in [6.45, 7) is -2.93. The lowest BCUT2D eigenvalue weighted by molar-refractivity contribution is -0.0512. The quantitative estimate of drug-likeness (QED) is 0.504. The van der Waals surface area contributed by atoms with E-state index in [0.29, 0.717) is 28.1 Å². The van der Waals surface area contributed by atoms with E-state index in [1.54, 1.807) is 18.2 Å². The van der Waals surface area contributed by atoms with Crippen molar-refractivity contribution in [3.05, 3.63) is 53.4 Å². The maximum absolute atomic E-state index is 12.4. The highest BCUT2D eigenvalue weighted by molar-refractivity contribution is 7.98. The molecule has 0 amide bonds. The van der Waals surface area contributed by atoms with Gasteiger partial charge in [0.05, 0.1) is 12.9 Å². The maximum atomic E-state index is 12.4. The SMILES string of the molecule is COc1cc(-c2noc(CSc3ccc(Cl)cc3)n2)ccc1OC(F)F. The van der Waals surface area contributed by atoms with E-state index in [-0.39, 0.29) is 11.5 Å². The molecule has 0 radical (unpaired) electrons. The Balaban J connectivity index is 1.71. The van der Waals surface area contributed by atoms with Crippen molar-refractivity contribution in [3.8, 4) is 22.9 Å². The Morgan fingerprint density at radius 2 is 1.92 bits per heavy atom. The molecule has 0 atom stereocenters. The van der Waals surface area contributed by atoms with Gasteiger partial charge in [0.15, 0.2) is 11.5 Å². The first-order valence-corrected chi connectivity index (χ1v) is 8.75. The molecule has 1 aromatic heterocycles. The highest BCUT2D eigenvalue weighted by Gasteiger charge is 2.15. The van der Waals surface area contributed by atoms with Crippen molar-refractivity contribution in [2.75, 3.05) is 7.11 Å². The molecule has 0 unspecified atom stereocenters. The van der Waals surface area contributed by atoms with Crippen LogP contribution in [0.5, 0.6) is 11.5 Å². The Labute approximate surface area is 157 Å². The van der Waals surface area contributed by atoms with E-state index in [4.69, 9.17) is 20.9 Å². The predicted octanol–water partition coefficient (Wildman–Crippen LogP) is 5.29. The van der Waals surface area contributed by atoms with E-state index in [2.05, 4.69) is 14.9 Å². The van der Waals surface area contributed by atoms with Gasteiger partial charge in [0.1, 0.15) is 0 Å². The minimum absolute atomic E-state index is 0.0618. The van der Waals surface area contributed by atoms with Gasteiger partial charge in [-0.3, -0.25) is 0 Å². The van der Waals surface area contributed by atoms with Gasteiger partial charge in [-0.2, -0.15) is 13.8 Å². The molecule has 0 N–H and O–H groups in total. The van der Waals surface area contributed by atoms with Crippen molar-refractivity contribution in [2.24, 2.45) is 0 Å². The van der Waals surface area contributed by atoms with Gasteiger partial charge in [0.25, 0.3) is 0 Å². The summed E-state index contributed by atoms with van der Waals surface area (Å²) in [6.07, 6.45) is 0. The van der Waals surface area contributed by atoms with Crippen LogP contribution in [0.15, 0.2) is 51.9 Å². The lowest BCUT2D eigenvalue weighted by atomic mass is 10.2. The molecule has 0 aliphatic heterocycles. The number of hydrogen-bond acceptors (Lipinski definition) is 6. The van der Waals surface area contributed by atoms with Gasteiger partial charge >= 0.3 is 6.61 Å². The van der Waals surface area contributed by atoms with Gasteiger partial charge in [-0.15, -0.1) is 11.8 Å². The van der Waals surface area contributed by atoms with Crippen LogP contribution in [0.3, 0.4) is 0 Å². The molecule has 0 fully saturated rings. The molecule has 2 aromatic carbocycles. The summed E-state index contributed by atoms with van der Waals surface area (Å²) in [4.78, 5) is 5.33. The van der Waals surface area contributed by atoms with Crippen LogP contribution in [-0.4, -0.2) is 23.9 Å². The van der Waals surface area contributed by atoms with Gasteiger partial charge in [-0.05, 0) is 42.5 Å². The van der Waals surface area contributed by atoms with Crippen molar-refractivity contribution in [1.29, 1.82) is 0 Å². The third-order valence-electron chi connectivity index (χ3n) is 3.28. The van der Waals surface area contributed by atoms with Crippen LogP contribution >= 0.6 is 23.4 Å². The van der Waals surface area contributed by atoms with E-state index >= 15 is 0 Å². The van der Waals surface area contributed by atoms with Crippen LogP contribution in [0.2, 0.25) is 5.02 Å². The normalized spacial score (nSPS) is 11.0. The zero-order chi connectivity index (χ0) is 18.5. The van der Waals surface area contributed by atoms with Gasteiger partial charge < -0.3 is 14.0 Å². The van der Waals surface area contributed by atoms with Gasteiger partial charge in [0, 0.05) is 15.5 Å². The van der Waals surface area contributed by atoms with E-state index < -0.39 is 6.61 Å². The third kappa shape index (κ3) is 4.64. The minimum Gasteiger partial charge on any atom is -0.493 e. The average Bonchev–Trinajstić information content (AvgIpc) is 3.10. The van der Waals surface area contributed by atoms with Crippen LogP contribution in [0.1, 0.15) is 5.89 Å². The second kappa shape index (κ2) is 8.37. The zero-order valence-electron chi connectivity index (χ0n) is 13.5. The maximum Gasteiger partial charge on any atom is 0.387 e. The molecule has 0 aliphatic carbocycles. The Hall–Kier alpha value is -2.32. The fraction of sp³-hybridized carbons (Fsp3) is 0.176. The summed E-state index contributed by atoms with van der Waals surface area (Å²) in [5, 5.41) is 4.58. The molecule has 9 heteroatoms. The smallest absolute Gasteiger partial charge is 0.387 e. The Morgan fingerprint density at radius 1 is 1.15 bits per heavy atom. The second-order valence-corrected chi connectivity index (χ2v) is 6.48. The third-order valence-corrected chi connectivity index (χ3v) is 4.53. The van der Waals surface area contributed by atoms with Gasteiger partial charge in [-0.1, -0.05) is 16.8 Å². The number of ether oxygens (including phenoxy) is 2. The Bertz CT molecular complexity index is 875. The lowest BCUT2D eigenvalue weighted by Gasteiger charge is -2.10. The highest BCUT2D eigenvalue weighted by atomic mass is 35.5. The van der Waals surface area contributed by atoms with Crippen LogP contribution in [0.25, 0.3) is 11.4 Å². The summed E-state index contributed by atoms with van der Waals surface area (Å²) in [7, 11) is 1.36. The summed E-state index contributed by atoms with van der Waals surface area (Å²) in [5.41, 5.74) is 0.565. The highest BCUT2D eigenvalue weighted by Crippen LogP contribution is 2.33. The number of rotatable bonds is 7. The number of aromatic nitrogens is 2. The molecule has 136 valence electrons. The summed E-state index contributed by atoms with van der Waals surface area (Å²) in [6, 6.07) is 11.9. The number of benzene rings is 2. The number of halogens is 3. The van der Waals surface area contributed by atoms with E-state index in [1.807, 2.05) is 12.1 Å². The molecular weight excluding hydrogens is 386 g/mol. The van der Waals surface area contributed by atoms with Gasteiger partial charge in [0.2, 0.25) is 11.7 Å². The Kier molecular flexibility index (Phi) is 5.95. The fourth-order valence-corrected chi connectivity index (χ4v) is 2.97. The van der Waals surface area contributed by atoms with Crippen LogP contribution in [0, 0.1) is 0 Å². The van der Waals surface area contributed by atoms with E-state index in [9.17, 15) is 8.78 Å². The molecule has 5 nitrogen and oxygen atoms in total. The number of alkyl halides is 2. The first-order chi connectivity index (χ1) is 12.5. The van der Waals surface area contributed by atoms with Crippen molar-refractivity contribution < 1.29 is 22.8 Å². The predicted molar refractivity (Wildman–Crippen MR) is 93.9 cm³/mol. The van der Waals surface area contributed by atoms with Crippen LogP contribution in [0.4, 0.5) is 8.78 Å². The first-order valence-electron chi connectivity index (χ1n) is 7.39. The summed E-state index contributed by atoms with van der Waals surface area (Å²) >= 11 is 7.38. The molecule has 3 aromatic rings. The number of hydrogen-bond donors (Lipinski definition) is 0. The minimum atomic E-state index is -2.93. The summed E-state index contributed by atoms with van der Waals surface area (Å²) in [5.74, 6) is 1.35. The Morgan fingerprint density at radius 3 is 2.62 bits per heavy atom. The van der Waals surface area contributed by atoms with E-state index in [1.165, 1.54) is 31.0 Å². The monoisotopic (exact) mass is 398 g/mol. The number of nitrogens with zero attached hydrogens (tertiary/aromatic N) is 2. The summed E-state index contributed by atoms with van der Waals surface area (Å²) < 4.78 is 39.5. The molecule has 0 spiro atoms. The molecule has 3 rings (SSSR count). The van der Waals surface area contributed by atoms with Gasteiger partial charge in [-0.25, -0.2) is 0 Å². The first kappa shape index (κ1) is 18.5. The molecule has 26 heavy (non-hydrogen) atoms. The topological polar surface area (TPSA) is 57.4 Å². The number of methoxy groups -OCH3 is 1. The van der Waals surface area contributed by atoms with Crippen LogP contribution < -0.4 is 9.47 Å². The molecule has 1 heterocycles. The molecule has 0 aliphatic rings. The largest absolute Gasteiger partial charge is 0.493 e. The molecule has 0 bridgehead atoms. The number of thioether (sulfide) groups is 1. The average molecular weight is 399 g/mol.